The minimum atomic E-state index is -1.54. The minimum Gasteiger partial charge on any atom is -0.464 e. The van der Waals surface area contributed by atoms with Gasteiger partial charge in [-0.25, -0.2) is 4.79 Å². The Kier molecular flexibility index (Phi) is 8.89. The van der Waals surface area contributed by atoms with Gasteiger partial charge in [-0.05, 0) is 6.42 Å². The number of ether oxygens (including phenoxy) is 3. The van der Waals surface area contributed by atoms with E-state index < -0.39 is 36.7 Å². The number of hydrogen-bond acceptors (Lipinski definition) is 7. The number of aliphatic hydroxyl groups excluding tert-OH is 3. The Hall–Kier alpha value is -0.730. The summed E-state index contributed by atoms with van der Waals surface area (Å²) in [5.41, 5.74) is 0. The fourth-order valence-electron chi connectivity index (χ4n) is 2.37. The van der Waals surface area contributed by atoms with Gasteiger partial charge < -0.3 is 29.5 Å². The lowest BCUT2D eigenvalue weighted by Gasteiger charge is -2.38. The zero-order valence-corrected chi connectivity index (χ0v) is 13.3. The maximum absolute atomic E-state index is 11.9. The van der Waals surface area contributed by atoms with Crippen molar-refractivity contribution in [1.29, 1.82) is 0 Å². The van der Waals surface area contributed by atoms with E-state index in [1.807, 2.05) is 0 Å². The highest BCUT2D eigenvalue weighted by atomic mass is 16.7. The molecule has 0 aromatic carbocycles. The number of hydrogen-bond donors (Lipinski definition) is 3. The molecular weight excluding hydrogens is 292 g/mol. The zero-order chi connectivity index (χ0) is 16.5. The lowest BCUT2D eigenvalue weighted by atomic mass is 9.99. The van der Waals surface area contributed by atoms with E-state index in [1.54, 1.807) is 0 Å². The van der Waals surface area contributed by atoms with Crippen LogP contribution in [-0.2, 0) is 19.0 Å². The number of esters is 1. The molecule has 0 aromatic rings. The molecule has 1 aliphatic rings. The molecule has 0 spiro atoms. The molecule has 0 saturated carbocycles. The van der Waals surface area contributed by atoms with E-state index in [0.29, 0.717) is 0 Å². The number of carbonyl (C=O) groups excluding carboxylic acids is 1. The first-order valence-electron chi connectivity index (χ1n) is 7.92. The van der Waals surface area contributed by atoms with Gasteiger partial charge in [0.2, 0.25) is 0 Å². The van der Waals surface area contributed by atoms with Crippen molar-refractivity contribution in [2.75, 3.05) is 13.7 Å². The highest BCUT2D eigenvalue weighted by Gasteiger charge is 2.47. The maximum Gasteiger partial charge on any atom is 0.338 e. The van der Waals surface area contributed by atoms with Crippen molar-refractivity contribution in [1.82, 2.24) is 0 Å². The Bertz CT molecular complexity index is 321. The van der Waals surface area contributed by atoms with Crippen LogP contribution in [0.15, 0.2) is 0 Å². The van der Waals surface area contributed by atoms with Crippen molar-refractivity contribution in [3.63, 3.8) is 0 Å². The van der Waals surface area contributed by atoms with Gasteiger partial charge in [0.25, 0.3) is 0 Å². The van der Waals surface area contributed by atoms with E-state index in [9.17, 15) is 20.1 Å². The molecule has 3 N–H and O–H groups in total. The van der Waals surface area contributed by atoms with Crippen LogP contribution in [0.1, 0.15) is 45.4 Å². The molecule has 0 aliphatic carbocycles. The summed E-state index contributed by atoms with van der Waals surface area (Å²) in [6, 6.07) is 0. The molecule has 0 aromatic heterocycles. The molecule has 1 heterocycles. The molecule has 0 amide bonds. The lowest BCUT2D eigenvalue weighted by molar-refractivity contribution is -0.288. The van der Waals surface area contributed by atoms with E-state index >= 15 is 0 Å². The number of rotatable bonds is 9. The molecule has 7 heteroatoms. The van der Waals surface area contributed by atoms with Crippen molar-refractivity contribution in [3.05, 3.63) is 0 Å². The van der Waals surface area contributed by atoms with Crippen molar-refractivity contribution in [2.45, 2.75) is 76.2 Å². The largest absolute Gasteiger partial charge is 0.464 e. The number of aliphatic hydroxyl groups is 3. The third-order valence-corrected chi connectivity index (χ3v) is 3.78. The van der Waals surface area contributed by atoms with E-state index in [4.69, 9.17) is 14.2 Å². The molecule has 1 saturated heterocycles. The van der Waals surface area contributed by atoms with Crippen LogP contribution < -0.4 is 0 Å². The van der Waals surface area contributed by atoms with Crippen molar-refractivity contribution in [2.24, 2.45) is 0 Å². The first-order chi connectivity index (χ1) is 10.5. The first-order valence-corrected chi connectivity index (χ1v) is 7.92. The number of carbonyl (C=O) groups is 1. The predicted octanol–water partition coefficient (Wildman–Crippen LogP) is 0.344. The smallest absolute Gasteiger partial charge is 0.338 e. The lowest BCUT2D eigenvalue weighted by Crippen LogP contribution is -2.60. The fourth-order valence-corrected chi connectivity index (χ4v) is 2.37. The highest BCUT2D eigenvalue weighted by molar-refractivity contribution is 5.75. The minimum absolute atomic E-state index is 0.244. The van der Waals surface area contributed by atoms with Gasteiger partial charge in [-0.15, -0.1) is 0 Å². The Morgan fingerprint density at radius 1 is 1.00 bits per heavy atom. The van der Waals surface area contributed by atoms with Gasteiger partial charge in [-0.2, -0.15) is 0 Å². The Morgan fingerprint density at radius 3 is 2.27 bits per heavy atom. The summed E-state index contributed by atoms with van der Waals surface area (Å²) >= 11 is 0. The van der Waals surface area contributed by atoms with Crippen LogP contribution in [0.3, 0.4) is 0 Å². The summed E-state index contributed by atoms with van der Waals surface area (Å²) in [4.78, 5) is 11.9. The average molecular weight is 320 g/mol. The monoisotopic (exact) mass is 320 g/mol. The summed E-state index contributed by atoms with van der Waals surface area (Å²) in [6.07, 6.45) is -0.624. The molecule has 1 aliphatic heterocycles. The SMILES string of the molecule is CCCCCCCCOC(=O)[C@H]1O[C@@H](OC)[C@H](O)[C@@H](O)[C@H]1O. The summed E-state index contributed by atoms with van der Waals surface area (Å²) in [5.74, 6) is -0.756. The molecule has 7 nitrogen and oxygen atoms in total. The van der Waals surface area contributed by atoms with Crippen LogP contribution in [0.5, 0.6) is 0 Å². The Morgan fingerprint density at radius 2 is 1.64 bits per heavy atom. The Labute approximate surface area is 131 Å². The van der Waals surface area contributed by atoms with Crippen LogP contribution in [0.4, 0.5) is 0 Å². The second-order valence-electron chi connectivity index (χ2n) is 5.57. The van der Waals surface area contributed by atoms with E-state index in [1.165, 1.54) is 26.4 Å². The zero-order valence-electron chi connectivity index (χ0n) is 13.3. The second-order valence-corrected chi connectivity index (χ2v) is 5.57. The first kappa shape index (κ1) is 19.3. The van der Waals surface area contributed by atoms with Crippen LogP contribution in [0, 0.1) is 0 Å². The Balaban J connectivity index is 2.31. The third kappa shape index (κ3) is 5.48. The molecule has 1 rings (SSSR count). The second kappa shape index (κ2) is 10.1. The number of unbranched alkanes of at least 4 members (excludes halogenated alkanes) is 5. The average Bonchev–Trinajstić information content (AvgIpc) is 2.52. The van der Waals surface area contributed by atoms with Crippen LogP contribution in [-0.4, -0.2) is 65.7 Å². The molecule has 1 fully saturated rings. The fraction of sp³-hybridized carbons (Fsp3) is 0.933. The van der Waals surface area contributed by atoms with E-state index in [2.05, 4.69) is 6.92 Å². The van der Waals surface area contributed by atoms with Crippen LogP contribution in [0.25, 0.3) is 0 Å². The normalized spacial score (nSPS) is 32.0. The summed E-state index contributed by atoms with van der Waals surface area (Å²) in [6.45, 7) is 2.39. The topological polar surface area (TPSA) is 105 Å². The molecule has 0 unspecified atom stereocenters. The van der Waals surface area contributed by atoms with Crippen LogP contribution >= 0.6 is 0 Å². The van der Waals surface area contributed by atoms with Gasteiger partial charge in [0.1, 0.15) is 18.3 Å². The van der Waals surface area contributed by atoms with Gasteiger partial charge in [0.05, 0.1) is 6.61 Å². The summed E-state index contributed by atoms with van der Waals surface area (Å²) < 4.78 is 15.0. The number of methoxy groups -OCH3 is 1. The maximum atomic E-state index is 11.9. The van der Waals surface area contributed by atoms with Crippen molar-refractivity contribution in [3.8, 4) is 0 Å². The van der Waals surface area contributed by atoms with Crippen LogP contribution in [0.2, 0.25) is 0 Å². The van der Waals surface area contributed by atoms with Gasteiger partial charge in [-0.3, -0.25) is 0 Å². The van der Waals surface area contributed by atoms with Gasteiger partial charge in [0, 0.05) is 7.11 Å². The van der Waals surface area contributed by atoms with Crippen molar-refractivity contribution >= 4 is 5.97 Å². The molecule has 0 radical (unpaired) electrons. The van der Waals surface area contributed by atoms with E-state index in [-0.39, 0.29) is 6.61 Å². The van der Waals surface area contributed by atoms with Gasteiger partial charge in [0.15, 0.2) is 12.4 Å². The quantitative estimate of drug-likeness (QED) is 0.415. The summed E-state index contributed by atoms with van der Waals surface area (Å²) in [7, 11) is 1.27. The molecule has 5 atom stereocenters. The third-order valence-electron chi connectivity index (χ3n) is 3.78. The highest BCUT2D eigenvalue weighted by Crippen LogP contribution is 2.22. The summed E-state index contributed by atoms with van der Waals surface area (Å²) in [5, 5.41) is 29.1. The van der Waals surface area contributed by atoms with Gasteiger partial charge >= 0.3 is 5.97 Å². The predicted molar refractivity (Wildman–Crippen MR) is 78.0 cm³/mol. The molecule has 130 valence electrons. The van der Waals surface area contributed by atoms with Gasteiger partial charge in [-0.1, -0.05) is 39.0 Å². The van der Waals surface area contributed by atoms with E-state index in [0.717, 1.165) is 19.3 Å². The molecule has 22 heavy (non-hydrogen) atoms. The molecular formula is C15H28O7. The standard InChI is InChI=1S/C15H28O7/c1-3-4-5-6-7-8-9-21-14(19)13-11(17)10(16)12(18)15(20-2)22-13/h10-13,15-18H,3-9H2,1-2H3/t10-,11+,12+,13-,15+/m0/s1. The van der Waals surface area contributed by atoms with Crippen molar-refractivity contribution < 1.29 is 34.3 Å². The molecule has 0 bridgehead atoms.